The Morgan fingerprint density at radius 1 is 1.12 bits per heavy atom. The van der Waals surface area contributed by atoms with E-state index in [1.807, 2.05) is 6.33 Å². The van der Waals surface area contributed by atoms with Gasteiger partial charge >= 0.3 is 6.18 Å². The van der Waals surface area contributed by atoms with E-state index in [4.69, 9.17) is 0 Å². The third-order valence-electron chi connectivity index (χ3n) is 2.70. The van der Waals surface area contributed by atoms with Crippen molar-refractivity contribution in [2.45, 2.75) is 25.4 Å². The quantitative estimate of drug-likeness (QED) is 0.823. The molecule has 1 radical (unpaired) electrons. The fourth-order valence-electron chi connectivity index (χ4n) is 1.92. The SMILES string of the molecule is Oc1n[c]nc(N2CCCCC2)c1C(F)(F)F. The first-order chi connectivity index (χ1) is 8.00. The van der Waals surface area contributed by atoms with Gasteiger partial charge in [-0.25, -0.2) is 4.98 Å². The van der Waals surface area contributed by atoms with Gasteiger partial charge in [0.1, 0.15) is 5.82 Å². The van der Waals surface area contributed by atoms with E-state index >= 15 is 0 Å². The summed E-state index contributed by atoms with van der Waals surface area (Å²) in [5.74, 6) is -1.34. The molecular weight excluding hydrogens is 235 g/mol. The highest BCUT2D eigenvalue weighted by Crippen LogP contribution is 2.40. The second-order valence-electron chi connectivity index (χ2n) is 3.89. The number of alkyl halides is 3. The van der Waals surface area contributed by atoms with Crippen LogP contribution in [-0.2, 0) is 6.18 Å². The van der Waals surface area contributed by atoms with E-state index < -0.39 is 17.6 Å². The largest absolute Gasteiger partial charge is 0.493 e. The highest BCUT2D eigenvalue weighted by Gasteiger charge is 2.40. The van der Waals surface area contributed by atoms with E-state index in [9.17, 15) is 18.3 Å². The molecule has 0 bridgehead atoms. The van der Waals surface area contributed by atoms with E-state index in [-0.39, 0.29) is 5.82 Å². The van der Waals surface area contributed by atoms with Crippen molar-refractivity contribution in [2.24, 2.45) is 0 Å². The summed E-state index contributed by atoms with van der Waals surface area (Å²) in [4.78, 5) is 8.13. The van der Waals surface area contributed by atoms with E-state index in [0.717, 1.165) is 19.3 Å². The Hall–Kier alpha value is -1.53. The molecule has 1 saturated heterocycles. The van der Waals surface area contributed by atoms with Crippen LogP contribution in [0.2, 0.25) is 0 Å². The zero-order chi connectivity index (χ0) is 12.5. The van der Waals surface area contributed by atoms with Crippen LogP contribution in [0.1, 0.15) is 24.8 Å². The fourth-order valence-corrected chi connectivity index (χ4v) is 1.92. The monoisotopic (exact) mass is 246 g/mol. The lowest BCUT2D eigenvalue weighted by Gasteiger charge is -2.29. The molecule has 0 saturated carbocycles. The van der Waals surface area contributed by atoms with Gasteiger partial charge in [0.2, 0.25) is 12.2 Å². The van der Waals surface area contributed by atoms with Crippen molar-refractivity contribution in [3.63, 3.8) is 0 Å². The van der Waals surface area contributed by atoms with Crippen LogP contribution in [0, 0.1) is 6.33 Å². The summed E-state index contributed by atoms with van der Waals surface area (Å²) in [7, 11) is 0. The number of aromatic hydroxyl groups is 1. The van der Waals surface area contributed by atoms with Crippen molar-refractivity contribution in [1.29, 1.82) is 0 Å². The van der Waals surface area contributed by atoms with Gasteiger partial charge in [-0.15, -0.1) is 0 Å². The van der Waals surface area contributed by atoms with Gasteiger partial charge in [0.15, 0.2) is 5.56 Å². The topological polar surface area (TPSA) is 49.3 Å². The van der Waals surface area contributed by atoms with Crippen LogP contribution < -0.4 is 4.90 Å². The van der Waals surface area contributed by atoms with Crippen molar-refractivity contribution in [1.82, 2.24) is 9.97 Å². The average molecular weight is 246 g/mol. The highest BCUT2D eigenvalue weighted by atomic mass is 19.4. The molecule has 4 nitrogen and oxygen atoms in total. The van der Waals surface area contributed by atoms with Crippen LogP contribution in [0.3, 0.4) is 0 Å². The number of hydrogen-bond donors (Lipinski definition) is 1. The molecule has 93 valence electrons. The maximum absolute atomic E-state index is 12.8. The number of anilines is 1. The molecule has 1 aliphatic rings. The van der Waals surface area contributed by atoms with Crippen LogP contribution in [0.4, 0.5) is 19.0 Å². The standard InChI is InChI=1S/C10H11F3N3O/c11-10(12,13)7-8(14-6-15-9(7)17)16-4-2-1-3-5-16/h1-5H2,(H,14,15,17). The van der Waals surface area contributed by atoms with Crippen molar-refractivity contribution in [2.75, 3.05) is 18.0 Å². The molecule has 0 atom stereocenters. The summed E-state index contributed by atoms with van der Waals surface area (Å²) in [6, 6.07) is 0. The van der Waals surface area contributed by atoms with E-state index in [1.165, 1.54) is 4.90 Å². The summed E-state index contributed by atoms with van der Waals surface area (Å²) in [5, 5.41) is 9.23. The van der Waals surface area contributed by atoms with Crippen molar-refractivity contribution < 1.29 is 18.3 Å². The average Bonchev–Trinajstić information content (AvgIpc) is 2.28. The highest BCUT2D eigenvalue weighted by molar-refractivity contribution is 5.52. The number of hydrogen-bond acceptors (Lipinski definition) is 4. The van der Waals surface area contributed by atoms with Gasteiger partial charge in [-0.05, 0) is 19.3 Å². The maximum Gasteiger partial charge on any atom is 0.425 e. The summed E-state index contributed by atoms with van der Waals surface area (Å²) in [6.07, 6.45) is 0.0283. The summed E-state index contributed by atoms with van der Waals surface area (Å²) in [5.41, 5.74) is -1.17. The zero-order valence-corrected chi connectivity index (χ0v) is 8.96. The van der Waals surface area contributed by atoms with Gasteiger partial charge in [-0.2, -0.15) is 18.2 Å². The minimum Gasteiger partial charge on any atom is -0.493 e. The molecule has 1 N–H and O–H groups in total. The van der Waals surface area contributed by atoms with Crippen LogP contribution in [0.5, 0.6) is 5.88 Å². The molecule has 0 aromatic carbocycles. The minimum atomic E-state index is -4.66. The second-order valence-corrected chi connectivity index (χ2v) is 3.89. The first kappa shape index (κ1) is 11.9. The molecule has 1 aromatic heterocycles. The van der Waals surface area contributed by atoms with Crippen LogP contribution in [0.15, 0.2) is 0 Å². The van der Waals surface area contributed by atoms with Gasteiger partial charge in [0, 0.05) is 13.1 Å². The summed E-state index contributed by atoms with van der Waals surface area (Å²) < 4.78 is 38.4. The first-order valence-corrected chi connectivity index (χ1v) is 5.29. The Morgan fingerprint density at radius 2 is 1.76 bits per heavy atom. The zero-order valence-electron chi connectivity index (χ0n) is 8.96. The summed E-state index contributed by atoms with van der Waals surface area (Å²) in [6.45, 7) is 1.01. The van der Waals surface area contributed by atoms with Gasteiger partial charge < -0.3 is 10.0 Å². The number of nitrogens with zero attached hydrogens (tertiary/aromatic N) is 3. The third-order valence-corrected chi connectivity index (χ3v) is 2.70. The lowest BCUT2D eigenvalue weighted by molar-refractivity contribution is -0.138. The number of halogens is 3. The minimum absolute atomic E-state index is 0.273. The molecule has 7 heteroatoms. The molecule has 17 heavy (non-hydrogen) atoms. The van der Waals surface area contributed by atoms with E-state index in [2.05, 4.69) is 9.97 Å². The number of rotatable bonds is 1. The molecule has 0 unspecified atom stereocenters. The third kappa shape index (κ3) is 2.42. The Morgan fingerprint density at radius 3 is 2.35 bits per heavy atom. The predicted octanol–water partition coefficient (Wildman–Crippen LogP) is 1.99. The Bertz CT molecular complexity index is 402. The molecule has 1 aliphatic heterocycles. The van der Waals surface area contributed by atoms with Crippen LogP contribution in [0.25, 0.3) is 0 Å². The Labute approximate surface area is 96.1 Å². The van der Waals surface area contributed by atoms with Crippen molar-refractivity contribution in [3.05, 3.63) is 11.9 Å². The van der Waals surface area contributed by atoms with Gasteiger partial charge in [-0.1, -0.05) is 0 Å². The number of aromatic nitrogens is 2. The van der Waals surface area contributed by atoms with Gasteiger partial charge in [-0.3, -0.25) is 0 Å². The second kappa shape index (κ2) is 4.38. The molecule has 0 aliphatic carbocycles. The smallest absolute Gasteiger partial charge is 0.425 e. The molecule has 2 rings (SSSR count). The molecular formula is C10H11F3N3O. The molecule has 0 amide bonds. The Kier molecular flexibility index (Phi) is 3.08. The van der Waals surface area contributed by atoms with Crippen LogP contribution >= 0.6 is 0 Å². The normalized spacial score (nSPS) is 17.2. The van der Waals surface area contributed by atoms with Crippen molar-refractivity contribution in [3.8, 4) is 5.88 Å². The molecule has 1 fully saturated rings. The summed E-state index contributed by atoms with van der Waals surface area (Å²) >= 11 is 0. The Balaban J connectivity index is 2.42. The predicted molar refractivity (Wildman–Crippen MR) is 53.6 cm³/mol. The fraction of sp³-hybridized carbons (Fsp3) is 0.600. The number of piperidine rings is 1. The van der Waals surface area contributed by atoms with Crippen molar-refractivity contribution >= 4 is 5.82 Å². The van der Waals surface area contributed by atoms with Crippen LogP contribution in [-0.4, -0.2) is 28.2 Å². The lowest BCUT2D eigenvalue weighted by Crippen LogP contribution is -2.32. The molecule has 2 heterocycles. The maximum atomic E-state index is 12.8. The molecule has 1 aromatic rings. The van der Waals surface area contributed by atoms with E-state index in [0.29, 0.717) is 13.1 Å². The lowest BCUT2D eigenvalue weighted by atomic mass is 10.1. The van der Waals surface area contributed by atoms with Gasteiger partial charge in [0.05, 0.1) is 0 Å². The first-order valence-electron chi connectivity index (χ1n) is 5.29. The van der Waals surface area contributed by atoms with Gasteiger partial charge in [0.25, 0.3) is 0 Å². The molecule has 0 spiro atoms. The van der Waals surface area contributed by atoms with E-state index in [1.54, 1.807) is 0 Å².